The first-order chi connectivity index (χ1) is 6.56. The number of hydrogen-bond acceptors (Lipinski definition) is 2. The largest absolute Gasteiger partial charge is 0.313 e. The number of aryl methyl sites for hydroxylation is 2. The average Bonchev–Trinajstić information content (AvgIpc) is 2.01. The second-order valence-electron chi connectivity index (χ2n) is 3.39. The van der Waals surface area contributed by atoms with E-state index in [0.717, 1.165) is 5.56 Å². The molecule has 0 fully saturated rings. The van der Waals surface area contributed by atoms with Crippen LogP contribution in [0.4, 0.5) is 4.39 Å². The Hall–Kier alpha value is -1.22. The molecule has 0 aliphatic carbocycles. The third-order valence-corrected chi connectivity index (χ3v) is 2.05. The van der Waals surface area contributed by atoms with Crippen molar-refractivity contribution in [2.75, 3.05) is 13.6 Å². The zero-order chi connectivity index (χ0) is 10.7. The maximum absolute atomic E-state index is 13.4. The number of rotatable bonds is 3. The highest BCUT2D eigenvalue weighted by atomic mass is 19.1. The van der Waals surface area contributed by atoms with E-state index in [2.05, 4.69) is 5.32 Å². The molecule has 0 radical (unpaired) electrons. The van der Waals surface area contributed by atoms with Crippen molar-refractivity contribution in [1.82, 2.24) is 5.32 Å². The monoisotopic (exact) mass is 195 g/mol. The molecule has 0 aliphatic heterocycles. The SMILES string of the molecule is CNCC(=O)c1c(C)cc(C)cc1F. The molecule has 76 valence electrons. The number of carbonyl (C=O) groups is 1. The summed E-state index contributed by atoms with van der Waals surface area (Å²) in [6.45, 7) is 3.72. The average molecular weight is 195 g/mol. The van der Waals surface area contributed by atoms with E-state index in [9.17, 15) is 9.18 Å². The Kier molecular flexibility index (Phi) is 3.36. The third-order valence-electron chi connectivity index (χ3n) is 2.05. The van der Waals surface area contributed by atoms with Crippen LogP contribution in [0.1, 0.15) is 21.5 Å². The minimum absolute atomic E-state index is 0.167. The van der Waals surface area contributed by atoms with Gasteiger partial charge < -0.3 is 5.32 Å². The molecule has 0 saturated carbocycles. The maximum atomic E-state index is 13.4. The summed E-state index contributed by atoms with van der Waals surface area (Å²) >= 11 is 0. The minimum Gasteiger partial charge on any atom is -0.313 e. The van der Waals surface area contributed by atoms with Gasteiger partial charge in [-0.05, 0) is 38.1 Å². The van der Waals surface area contributed by atoms with Crippen molar-refractivity contribution in [1.29, 1.82) is 0 Å². The number of Topliss-reactive ketones (excluding diaryl/α,β-unsaturated/α-hetero) is 1. The molecule has 3 heteroatoms. The fourth-order valence-electron chi connectivity index (χ4n) is 1.52. The van der Waals surface area contributed by atoms with E-state index in [1.165, 1.54) is 6.07 Å². The van der Waals surface area contributed by atoms with Gasteiger partial charge in [-0.25, -0.2) is 4.39 Å². The van der Waals surface area contributed by atoms with E-state index in [0.29, 0.717) is 5.56 Å². The lowest BCUT2D eigenvalue weighted by Crippen LogP contribution is -2.20. The van der Waals surface area contributed by atoms with Gasteiger partial charge >= 0.3 is 0 Å². The Morgan fingerprint density at radius 3 is 2.57 bits per heavy atom. The number of ketones is 1. The van der Waals surface area contributed by atoms with E-state index in [-0.39, 0.29) is 17.9 Å². The van der Waals surface area contributed by atoms with Crippen molar-refractivity contribution in [3.63, 3.8) is 0 Å². The molecule has 0 spiro atoms. The van der Waals surface area contributed by atoms with Gasteiger partial charge in [0.15, 0.2) is 5.78 Å². The van der Waals surface area contributed by atoms with Crippen LogP contribution in [0.3, 0.4) is 0 Å². The molecule has 1 aromatic rings. The van der Waals surface area contributed by atoms with Gasteiger partial charge in [0.2, 0.25) is 0 Å². The lowest BCUT2D eigenvalue weighted by Gasteiger charge is -2.07. The highest BCUT2D eigenvalue weighted by Crippen LogP contribution is 2.15. The van der Waals surface area contributed by atoms with Crippen molar-refractivity contribution >= 4 is 5.78 Å². The number of likely N-dealkylation sites (N-methyl/N-ethyl adjacent to an activating group) is 1. The summed E-state index contributed by atoms with van der Waals surface area (Å²) in [5, 5.41) is 2.72. The summed E-state index contributed by atoms with van der Waals surface area (Å²) in [7, 11) is 1.67. The standard InChI is InChI=1S/C11H14FNO/c1-7-4-8(2)11(9(12)5-7)10(14)6-13-3/h4-5,13H,6H2,1-3H3. The lowest BCUT2D eigenvalue weighted by molar-refractivity contribution is 0.0989. The molecule has 0 amide bonds. The van der Waals surface area contributed by atoms with Crippen LogP contribution in [0.5, 0.6) is 0 Å². The molecule has 0 atom stereocenters. The number of nitrogens with one attached hydrogen (secondary N) is 1. The second kappa shape index (κ2) is 4.33. The second-order valence-corrected chi connectivity index (χ2v) is 3.39. The van der Waals surface area contributed by atoms with Gasteiger partial charge in [0.1, 0.15) is 5.82 Å². The number of carbonyl (C=O) groups excluding carboxylic acids is 1. The first kappa shape index (κ1) is 10.9. The van der Waals surface area contributed by atoms with Crippen LogP contribution in [-0.2, 0) is 0 Å². The molecule has 0 bridgehead atoms. The van der Waals surface area contributed by atoms with E-state index < -0.39 is 5.82 Å². The van der Waals surface area contributed by atoms with Gasteiger partial charge in [0.05, 0.1) is 12.1 Å². The van der Waals surface area contributed by atoms with Gasteiger partial charge in [0.25, 0.3) is 0 Å². The van der Waals surface area contributed by atoms with Crippen LogP contribution in [0.25, 0.3) is 0 Å². The number of halogens is 1. The molecule has 0 unspecified atom stereocenters. The highest BCUT2D eigenvalue weighted by molar-refractivity contribution is 5.99. The summed E-state index contributed by atoms with van der Waals surface area (Å²) in [4.78, 5) is 11.5. The van der Waals surface area contributed by atoms with Crippen LogP contribution < -0.4 is 5.32 Å². The summed E-state index contributed by atoms with van der Waals surface area (Å²) in [5.74, 6) is -0.634. The summed E-state index contributed by atoms with van der Waals surface area (Å²) in [6.07, 6.45) is 0. The number of hydrogen-bond donors (Lipinski definition) is 1. The quantitative estimate of drug-likeness (QED) is 0.746. The Labute approximate surface area is 83.1 Å². The topological polar surface area (TPSA) is 29.1 Å². The van der Waals surface area contributed by atoms with Crippen molar-refractivity contribution < 1.29 is 9.18 Å². The van der Waals surface area contributed by atoms with E-state index >= 15 is 0 Å². The van der Waals surface area contributed by atoms with Gasteiger partial charge in [0, 0.05) is 0 Å². The molecular weight excluding hydrogens is 181 g/mol. The molecule has 1 aromatic carbocycles. The van der Waals surface area contributed by atoms with Crippen molar-refractivity contribution in [2.24, 2.45) is 0 Å². The molecule has 1 N–H and O–H groups in total. The van der Waals surface area contributed by atoms with Crippen molar-refractivity contribution in [3.8, 4) is 0 Å². The van der Waals surface area contributed by atoms with Gasteiger partial charge in [-0.15, -0.1) is 0 Å². The van der Waals surface area contributed by atoms with Crippen LogP contribution in [0.15, 0.2) is 12.1 Å². The molecule has 14 heavy (non-hydrogen) atoms. The van der Waals surface area contributed by atoms with Gasteiger partial charge in [-0.2, -0.15) is 0 Å². The predicted molar refractivity (Wildman–Crippen MR) is 54.1 cm³/mol. The molecule has 1 rings (SSSR count). The molecule has 0 aromatic heterocycles. The van der Waals surface area contributed by atoms with E-state index in [1.807, 2.05) is 13.0 Å². The minimum atomic E-state index is -0.428. The van der Waals surface area contributed by atoms with Crippen LogP contribution in [0, 0.1) is 19.7 Å². The third kappa shape index (κ3) is 2.17. The Morgan fingerprint density at radius 1 is 1.43 bits per heavy atom. The highest BCUT2D eigenvalue weighted by Gasteiger charge is 2.13. The molecule has 0 saturated heterocycles. The zero-order valence-electron chi connectivity index (χ0n) is 8.65. The lowest BCUT2D eigenvalue weighted by atomic mass is 10.0. The van der Waals surface area contributed by atoms with E-state index in [1.54, 1.807) is 14.0 Å². The van der Waals surface area contributed by atoms with Crippen molar-refractivity contribution in [3.05, 3.63) is 34.6 Å². The fourth-order valence-corrected chi connectivity index (χ4v) is 1.52. The maximum Gasteiger partial charge on any atom is 0.179 e. The zero-order valence-corrected chi connectivity index (χ0v) is 8.65. The molecule has 0 aliphatic rings. The Morgan fingerprint density at radius 2 is 2.07 bits per heavy atom. The number of benzene rings is 1. The van der Waals surface area contributed by atoms with Crippen LogP contribution >= 0.6 is 0 Å². The first-order valence-electron chi connectivity index (χ1n) is 4.50. The normalized spacial score (nSPS) is 10.3. The molecule has 0 heterocycles. The van der Waals surface area contributed by atoms with E-state index in [4.69, 9.17) is 0 Å². The fraction of sp³-hybridized carbons (Fsp3) is 0.364. The van der Waals surface area contributed by atoms with Crippen LogP contribution in [0.2, 0.25) is 0 Å². The summed E-state index contributed by atoms with van der Waals surface area (Å²) < 4.78 is 13.4. The van der Waals surface area contributed by atoms with Crippen LogP contribution in [-0.4, -0.2) is 19.4 Å². The first-order valence-corrected chi connectivity index (χ1v) is 4.50. The molecular formula is C11H14FNO. The Balaban J connectivity index is 3.14. The van der Waals surface area contributed by atoms with Crippen molar-refractivity contribution in [2.45, 2.75) is 13.8 Å². The summed E-state index contributed by atoms with van der Waals surface area (Å²) in [6, 6.07) is 3.20. The molecule has 2 nitrogen and oxygen atoms in total. The predicted octanol–water partition coefficient (Wildman–Crippen LogP) is 1.84. The Bertz CT molecular complexity index is 337. The summed E-state index contributed by atoms with van der Waals surface area (Å²) in [5.41, 5.74) is 1.73. The smallest absolute Gasteiger partial charge is 0.179 e. The van der Waals surface area contributed by atoms with Gasteiger partial charge in [-0.1, -0.05) is 6.07 Å². The van der Waals surface area contributed by atoms with Gasteiger partial charge in [-0.3, -0.25) is 4.79 Å².